The van der Waals surface area contributed by atoms with E-state index < -0.39 is 0 Å². The Morgan fingerprint density at radius 2 is 1.68 bits per heavy atom. The van der Waals surface area contributed by atoms with Crippen LogP contribution in [0.1, 0.15) is 51.0 Å². The molecule has 1 aromatic carbocycles. The van der Waals surface area contributed by atoms with Crippen LogP contribution >= 0.6 is 0 Å². The van der Waals surface area contributed by atoms with Gasteiger partial charge in [-0.05, 0) is 43.1 Å². The minimum absolute atomic E-state index is 0.0228. The SMILES string of the molecule is CC(C)C1CCC(C(=O)N2C[C@H](C(N)=O)[C@@H](c3ccccc3)C2)CC1. The van der Waals surface area contributed by atoms with Crippen molar-refractivity contribution in [3.05, 3.63) is 35.9 Å². The van der Waals surface area contributed by atoms with Gasteiger partial charge in [0.05, 0.1) is 5.92 Å². The Morgan fingerprint density at radius 3 is 2.24 bits per heavy atom. The molecule has 1 aliphatic carbocycles. The predicted octanol–water partition coefficient (Wildman–Crippen LogP) is 3.18. The molecule has 1 saturated carbocycles. The van der Waals surface area contributed by atoms with Gasteiger partial charge in [0.2, 0.25) is 11.8 Å². The zero-order chi connectivity index (χ0) is 18.0. The minimum atomic E-state index is -0.298. The summed E-state index contributed by atoms with van der Waals surface area (Å²) in [6.07, 6.45) is 4.25. The quantitative estimate of drug-likeness (QED) is 0.913. The summed E-state index contributed by atoms with van der Waals surface area (Å²) in [5.41, 5.74) is 6.74. The van der Waals surface area contributed by atoms with Gasteiger partial charge in [0.1, 0.15) is 0 Å². The zero-order valence-electron chi connectivity index (χ0n) is 15.4. The summed E-state index contributed by atoms with van der Waals surface area (Å²) in [6.45, 7) is 5.63. The first kappa shape index (κ1) is 18.0. The number of carbonyl (C=O) groups excluding carboxylic acids is 2. The fourth-order valence-corrected chi connectivity index (χ4v) is 4.60. The van der Waals surface area contributed by atoms with Gasteiger partial charge in [-0.15, -0.1) is 0 Å². The van der Waals surface area contributed by atoms with Crippen molar-refractivity contribution in [1.29, 1.82) is 0 Å². The summed E-state index contributed by atoms with van der Waals surface area (Å²) in [5.74, 6) is 1.24. The van der Waals surface area contributed by atoms with Crippen LogP contribution in [-0.2, 0) is 9.59 Å². The van der Waals surface area contributed by atoms with Crippen LogP contribution in [0.25, 0.3) is 0 Å². The number of likely N-dealkylation sites (tertiary alicyclic amines) is 1. The smallest absolute Gasteiger partial charge is 0.225 e. The maximum absolute atomic E-state index is 13.0. The van der Waals surface area contributed by atoms with Crippen LogP contribution < -0.4 is 5.73 Å². The van der Waals surface area contributed by atoms with Gasteiger partial charge in [-0.25, -0.2) is 0 Å². The number of amides is 2. The van der Waals surface area contributed by atoms with Gasteiger partial charge in [0.15, 0.2) is 0 Å². The van der Waals surface area contributed by atoms with Gasteiger partial charge in [0.25, 0.3) is 0 Å². The van der Waals surface area contributed by atoms with E-state index in [0.717, 1.165) is 37.2 Å². The number of nitrogens with zero attached hydrogens (tertiary/aromatic N) is 1. The summed E-state index contributed by atoms with van der Waals surface area (Å²) < 4.78 is 0. The van der Waals surface area contributed by atoms with E-state index in [2.05, 4.69) is 13.8 Å². The van der Waals surface area contributed by atoms with Crippen LogP contribution in [0, 0.1) is 23.7 Å². The van der Waals surface area contributed by atoms with E-state index in [1.54, 1.807) is 0 Å². The van der Waals surface area contributed by atoms with Gasteiger partial charge in [-0.1, -0.05) is 44.2 Å². The number of rotatable bonds is 4. The highest BCUT2D eigenvalue weighted by molar-refractivity contribution is 5.83. The highest BCUT2D eigenvalue weighted by Gasteiger charge is 2.41. The van der Waals surface area contributed by atoms with Gasteiger partial charge < -0.3 is 10.6 Å². The van der Waals surface area contributed by atoms with Crippen molar-refractivity contribution in [3.8, 4) is 0 Å². The summed E-state index contributed by atoms with van der Waals surface area (Å²) in [6, 6.07) is 9.98. The van der Waals surface area contributed by atoms with E-state index in [1.165, 1.54) is 0 Å². The van der Waals surface area contributed by atoms with Crippen molar-refractivity contribution in [2.45, 2.75) is 45.4 Å². The fourth-order valence-electron chi connectivity index (χ4n) is 4.60. The van der Waals surface area contributed by atoms with E-state index in [0.29, 0.717) is 19.0 Å². The van der Waals surface area contributed by atoms with Crippen LogP contribution in [0.4, 0.5) is 0 Å². The van der Waals surface area contributed by atoms with E-state index in [9.17, 15) is 9.59 Å². The summed E-state index contributed by atoms with van der Waals surface area (Å²) in [5, 5.41) is 0. The van der Waals surface area contributed by atoms with Crippen LogP contribution in [0.2, 0.25) is 0 Å². The van der Waals surface area contributed by atoms with Crippen molar-refractivity contribution < 1.29 is 9.59 Å². The molecule has 3 rings (SSSR count). The number of carbonyl (C=O) groups is 2. The number of primary amides is 1. The zero-order valence-corrected chi connectivity index (χ0v) is 15.4. The van der Waals surface area contributed by atoms with Crippen molar-refractivity contribution in [2.24, 2.45) is 29.4 Å². The predicted molar refractivity (Wildman–Crippen MR) is 98.7 cm³/mol. The van der Waals surface area contributed by atoms with E-state index in [-0.39, 0.29) is 29.6 Å². The lowest BCUT2D eigenvalue weighted by molar-refractivity contribution is -0.136. The summed E-state index contributed by atoms with van der Waals surface area (Å²) >= 11 is 0. The Bertz CT molecular complexity index is 606. The van der Waals surface area contributed by atoms with Gasteiger partial charge in [-0.3, -0.25) is 9.59 Å². The van der Waals surface area contributed by atoms with Crippen LogP contribution in [0.15, 0.2) is 30.3 Å². The molecule has 0 spiro atoms. The Labute approximate surface area is 150 Å². The second kappa shape index (κ2) is 7.59. The van der Waals surface area contributed by atoms with E-state index in [1.807, 2.05) is 35.2 Å². The molecule has 0 aromatic heterocycles. The third-order valence-corrected chi connectivity index (χ3v) is 6.29. The number of hydrogen-bond acceptors (Lipinski definition) is 2. The van der Waals surface area contributed by atoms with Gasteiger partial charge >= 0.3 is 0 Å². The monoisotopic (exact) mass is 342 g/mol. The molecule has 0 unspecified atom stereocenters. The second-order valence-corrected chi connectivity index (χ2v) is 8.12. The number of benzene rings is 1. The molecular formula is C21H30N2O2. The van der Waals surface area contributed by atoms with E-state index in [4.69, 9.17) is 5.73 Å². The average molecular weight is 342 g/mol. The summed E-state index contributed by atoms with van der Waals surface area (Å²) in [7, 11) is 0. The molecule has 2 amide bonds. The molecule has 1 heterocycles. The normalized spacial score (nSPS) is 29.8. The van der Waals surface area contributed by atoms with E-state index >= 15 is 0 Å². The molecule has 0 bridgehead atoms. The highest BCUT2D eigenvalue weighted by atomic mass is 16.2. The Kier molecular flexibility index (Phi) is 5.45. The molecule has 1 saturated heterocycles. The first-order valence-corrected chi connectivity index (χ1v) is 9.60. The van der Waals surface area contributed by atoms with Crippen LogP contribution in [-0.4, -0.2) is 29.8 Å². The molecule has 25 heavy (non-hydrogen) atoms. The largest absolute Gasteiger partial charge is 0.369 e. The fraction of sp³-hybridized carbons (Fsp3) is 0.619. The molecule has 1 aromatic rings. The molecule has 1 aliphatic heterocycles. The number of hydrogen-bond donors (Lipinski definition) is 1. The Balaban J connectivity index is 1.67. The van der Waals surface area contributed by atoms with Crippen molar-refractivity contribution >= 4 is 11.8 Å². The third kappa shape index (κ3) is 3.88. The van der Waals surface area contributed by atoms with Crippen molar-refractivity contribution in [1.82, 2.24) is 4.90 Å². The lowest BCUT2D eigenvalue weighted by atomic mass is 9.76. The highest BCUT2D eigenvalue weighted by Crippen LogP contribution is 2.37. The maximum Gasteiger partial charge on any atom is 0.225 e. The molecule has 2 N–H and O–H groups in total. The molecule has 2 aliphatic rings. The maximum atomic E-state index is 13.0. The topological polar surface area (TPSA) is 63.4 Å². The Morgan fingerprint density at radius 1 is 1.04 bits per heavy atom. The van der Waals surface area contributed by atoms with Crippen molar-refractivity contribution in [2.75, 3.05) is 13.1 Å². The molecule has 4 heteroatoms. The minimum Gasteiger partial charge on any atom is -0.369 e. The third-order valence-electron chi connectivity index (χ3n) is 6.29. The second-order valence-electron chi connectivity index (χ2n) is 8.12. The lowest BCUT2D eigenvalue weighted by Gasteiger charge is -2.32. The average Bonchev–Trinajstić information content (AvgIpc) is 3.07. The standard InChI is InChI=1S/C21H30N2O2/c1-14(2)15-8-10-17(11-9-15)21(25)23-12-18(19(13-23)20(22)24)16-6-4-3-5-7-16/h3-7,14-15,17-19H,8-13H2,1-2H3,(H2,22,24)/t15?,17?,18-,19+/m1/s1. The molecule has 136 valence electrons. The first-order chi connectivity index (χ1) is 12.0. The molecule has 0 radical (unpaired) electrons. The van der Waals surface area contributed by atoms with Crippen LogP contribution in [0.3, 0.4) is 0 Å². The molecule has 2 atom stereocenters. The molecular weight excluding hydrogens is 312 g/mol. The van der Waals surface area contributed by atoms with Crippen LogP contribution in [0.5, 0.6) is 0 Å². The summed E-state index contributed by atoms with van der Waals surface area (Å²) in [4.78, 5) is 26.8. The molecule has 4 nitrogen and oxygen atoms in total. The molecule has 2 fully saturated rings. The Hall–Kier alpha value is -1.84. The van der Waals surface area contributed by atoms with Gasteiger partial charge in [-0.2, -0.15) is 0 Å². The number of nitrogens with two attached hydrogens (primary N) is 1. The first-order valence-electron chi connectivity index (χ1n) is 9.60. The lowest BCUT2D eigenvalue weighted by Crippen LogP contribution is -2.37. The van der Waals surface area contributed by atoms with Gasteiger partial charge in [0, 0.05) is 24.9 Å². The van der Waals surface area contributed by atoms with Crippen molar-refractivity contribution in [3.63, 3.8) is 0 Å².